The Morgan fingerprint density at radius 2 is 1.89 bits per heavy atom. The third-order valence-corrected chi connectivity index (χ3v) is 4.14. The van der Waals surface area contributed by atoms with E-state index in [9.17, 15) is 0 Å². The van der Waals surface area contributed by atoms with Crippen LogP contribution in [0, 0.1) is 0 Å². The zero-order valence-electron chi connectivity index (χ0n) is 6.31. The highest BCUT2D eigenvalue weighted by molar-refractivity contribution is 6.66. The van der Waals surface area contributed by atoms with Crippen LogP contribution in [0.2, 0.25) is 12.6 Å². The Morgan fingerprint density at radius 1 is 1.44 bits per heavy atom. The lowest BCUT2D eigenvalue weighted by Crippen LogP contribution is -2.34. The van der Waals surface area contributed by atoms with Gasteiger partial charge < -0.3 is 8.85 Å². The molecule has 0 radical (unpaired) electrons. The van der Waals surface area contributed by atoms with Crippen molar-refractivity contribution in [2.45, 2.75) is 12.6 Å². The predicted molar refractivity (Wildman–Crippen MR) is 40.6 cm³/mol. The van der Waals surface area contributed by atoms with Crippen LogP contribution in [0.1, 0.15) is 0 Å². The van der Waals surface area contributed by atoms with E-state index in [0.717, 1.165) is 6.04 Å². The summed E-state index contributed by atoms with van der Waals surface area (Å²) < 4.78 is 10.3. The van der Waals surface area contributed by atoms with Crippen LogP contribution in [0.25, 0.3) is 0 Å². The molecule has 3 heteroatoms. The van der Waals surface area contributed by atoms with Gasteiger partial charge >= 0.3 is 8.56 Å². The Bertz CT molecular complexity index is 89.1. The fraction of sp³-hybridized carbons (Fsp3) is 0.667. The number of hydrogen-bond acceptors (Lipinski definition) is 2. The molecule has 0 saturated carbocycles. The molecule has 0 bridgehead atoms. The highest BCUT2D eigenvalue weighted by atomic mass is 28.4. The monoisotopic (exact) mass is 146 g/mol. The predicted octanol–water partition coefficient (Wildman–Crippen LogP) is 1.54. The SMILES string of the molecule is C=CC[Si](C)(OC)OC. The van der Waals surface area contributed by atoms with Gasteiger partial charge in [0.2, 0.25) is 0 Å². The summed E-state index contributed by atoms with van der Waals surface area (Å²) >= 11 is 0. The summed E-state index contributed by atoms with van der Waals surface area (Å²) in [5, 5.41) is 0. The molecule has 0 aliphatic heterocycles. The van der Waals surface area contributed by atoms with Gasteiger partial charge in [-0.1, -0.05) is 6.08 Å². The Balaban J connectivity index is 3.75. The summed E-state index contributed by atoms with van der Waals surface area (Å²) in [6.45, 7) is 5.62. The fourth-order valence-electron chi connectivity index (χ4n) is 0.512. The lowest BCUT2D eigenvalue weighted by atomic mass is 10.8. The summed E-state index contributed by atoms with van der Waals surface area (Å²) in [5.74, 6) is 0. The smallest absolute Gasteiger partial charge is 0.338 e. The van der Waals surface area contributed by atoms with E-state index in [1.807, 2.05) is 12.6 Å². The van der Waals surface area contributed by atoms with Crippen LogP contribution in [0.5, 0.6) is 0 Å². The fourth-order valence-corrected chi connectivity index (χ4v) is 1.54. The second kappa shape index (κ2) is 3.82. The van der Waals surface area contributed by atoms with Gasteiger partial charge in [-0.2, -0.15) is 0 Å². The lowest BCUT2D eigenvalue weighted by molar-refractivity contribution is 0.253. The third-order valence-electron chi connectivity index (χ3n) is 1.38. The summed E-state index contributed by atoms with van der Waals surface area (Å²) in [4.78, 5) is 0. The zero-order chi connectivity index (χ0) is 7.33. The molecule has 0 aromatic rings. The summed E-state index contributed by atoms with van der Waals surface area (Å²) in [6.07, 6.45) is 1.83. The largest absolute Gasteiger partial charge is 0.398 e. The Morgan fingerprint density at radius 3 is 2.00 bits per heavy atom. The Kier molecular flexibility index (Phi) is 3.77. The van der Waals surface area contributed by atoms with Gasteiger partial charge in [0.15, 0.2) is 0 Å². The first-order valence-corrected chi connectivity index (χ1v) is 5.42. The highest BCUT2D eigenvalue weighted by Crippen LogP contribution is 2.10. The number of allylic oxidation sites excluding steroid dienone is 1. The Labute approximate surface area is 57.7 Å². The van der Waals surface area contributed by atoms with Gasteiger partial charge in [-0.25, -0.2) is 0 Å². The molecule has 0 spiro atoms. The first-order chi connectivity index (χ1) is 4.18. The van der Waals surface area contributed by atoms with E-state index in [0.29, 0.717) is 0 Å². The van der Waals surface area contributed by atoms with E-state index in [1.165, 1.54) is 0 Å². The maximum Gasteiger partial charge on any atom is 0.338 e. The van der Waals surface area contributed by atoms with Crippen LogP contribution < -0.4 is 0 Å². The van der Waals surface area contributed by atoms with Crippen molar-refractivity contribution in [2.75, 3.05) is 14.2 Å². The first kappa shape index (κ1) is 8.88. The number of hydrogen-bond donors (Lipinski definition) is 0. The molecular weight excluding hydrogens is 132 g/mol. The maximum atomic E-state index is 5.17. The second-order valence-electron chi connectivity index (χ2n) is 2.03. The van der Waals surface area contributed by atoms with Gasteiger partial charge in [0.25, 0.3) is 0 Å². The lowest BCUT2D eigenvalue weighted by Gasteiger charge is -2.20. The molecule has 9 heavy (non-hydrogen) atoms. The molecule has 0 N–H and O–H groups in total. The first-order valence-electron chi connectivity index (χ1n) is 2.89. The van der Waals surface area contributed by atoms with E-state index in [2.05, 4.69) is 6.58 Å². The quantitative estimate of drug-likeness (QED) is 0.442. The molecule has 0 aromatic heterocycles. The molecule has 0 atom stereocenters. The number of rotatable bonds is 4. The average Bonchev–Trinajstić information content (AvgIpc) is 1.89. The molecule has 0 rings (SSSR count). The van der Waals surface area contributed by atoms with Crippen molar-refractivity contribution in [3.63, 3.8) is 0 Å². The van der Waals surface area contributed by atoms with Crippen molar-refractivity contribution in [1.82, 2.24) is 0 Å². The minimum atomic E-state index is -1.82. The molecular formula is C6H14O2Si. The Hall–Kier alpha value is -0.123. The zero-order valence-corrected chi connectivity index (χ0v) is 7.31. The van der Waals surface area contributed by atoms with Crippen molar-refractivity contribution < 1.29 is 8.85 Å². The van der Waals surface area contributed by atoms with Crippen LogP contribution in [0.15, 0.2) is 12.7 Å². The van der Waals surface area contributed by atoms with E-state index in [-0.39, 0.29) is 0 Å². The molecule has 0 aromatic carbocycles. The van der Waals surface area contributed by atoms with Crippen LogP contribution in [-0.2, 0) is 8.85 Å². The summed E-state index contributed by atoms with van der Waals surface area (Å²) in [5.41, 5.74) is 0. The normalized spacial score (nSPS) is 11.4. The molecule has 0 aliphatic carbocycles. The van der Waals surface area contributed by atoms with Crippen LogP contribution >= 0.6 is 0 Å². The van der Waals surface area contributed by atoms with Gasteiger partial charge in [0.05, 0.1) is 0 Å². The molecule has 0 aliphatic rings. The van der Waals surface area contributed by atoms with Gasteiger partial charge in [-0.05, 0) is 6.55 Å². The third kappa shape index (κ3) is 2.79. The minimum Gasteiger partial charge on any atom is -0.398 e. The van der Waals surface area contributed by atoms with Crippen molar-refractivity contribution in [3.05, 3.63) is 12.7 Å². The highest BCUT2D eigenvalue weighted by Gasteiger charge is 2.25. The van der Waals surface area contributed by atoms with E-state index in [4.69, 9.17) is 8.85 Å². The van der Waals surface area contributed by atoms with Crippen molar-refractivity contribution in [2.24, 2.45) is 0 Å². The molecule has 0 saturated heterocycles. The maximum absolute atomic E-state index is 5.17. The van der Waals surface area contributed by atoms with Gasteiger partial charge in [-0.3, -0.25) is 0 Å². The minimum absolute atomic E-state index is 0.847. The molecule has 54 valence electrons. The van der Waals surface area contributed by atoms with Gasteiger partial charge in [-0.15, -0.1) is 6.58 Å². The molecule has 0 heterocycles. The van der Waals surface area contributed by atoms with E-state index >= 15 is 0 Å². The van der Waals surface area contributed by atoms with Crippen LogP contribution in [0.4, 0.5) is 0 Å². The summed E-state index contributed by atoms with van der Waals surface area (Å²) in [6, 6.07) is 0.847. The van der Waals surface area contributed by atoms with Crippen molar-refractivity contribution in [3.8, 4) is 0 Å². The van der Waals surface area contributed by atoms with Gasteiger partial charge in [0, 0.05) is 20.3 Å². The molecule has 0 unspecified atom stereocenters. The van der Waals surface area contributed by atoms with Crippen LogP contribution in [0.3, 0.4) is 0 Å². The van der Waals surface area contributed by atoms with Gasteiger partial charge in [0.1, 0.15) is 0 Å². The van der Waals surface area contributed by atoms with Crippen molar-refractivity contribution >= 4 is 8.56 Å². The van der Waals surface area contributed by atoms with Crippen molar-refractivity contribution in [1.29, 1.82) is 0 Å². The summed E-state index contributed by atoms with van der Waals surface area (Å²) in [7, 11) is 1.54. The van der Waals surface area contributed by atoms with E-state index < -0.39 is 8.56 Å². The molecule has 0 fully saturated rings. The average molecular weight is 146 g/mol. The molecule has 0 amide bonds. The van der Waals surface area contributed by atoms with Crippen LogP contribution in [-0.4, -0.2) is 22.8 Å². The molecule has 2 nitrogen and oxygen atoms in total. The standard InChI is InChI=1S/C6H14O2Si/c1-5-6-9(4,7-2)8-3/h5H,1,6H2,2-4H3. The van der Waals surface area contributed by atoms with E-state index in [1.54, 1.807) is 14.2 Å². The second-order valence-corrected chi connectivity index (χ2v) is 5.53. The topological polar surface area (TPSA) is 18.5 Å².